The zero-order valence-corrected chi connectivity index (χ0v) is 21.6. The van der Waals surface area contributed by atoms with Crippen molar-refractivity contribution < 1.29 is 23.4 Å². The summed E-state index contributed by atoms with van der Waals surface area (Å²) in [6, 6.07) is 9.48. The molecule has 1 aromatic heterocycles. The first-order valence-electron chi connectivity index (χ1n) is 13.2. The zero-order valence-electron chi connectivity index (χ0n) is 21.6. The van der Waals surface area contributed by atoms with Gasteiger partial charge >= 0.3 is 5.97 Å². The summed E-state index contributed by atoms with van der Waals surface area (Å²) >= 11 is 0. The number of rotatable bonds is 9. The highest BCUT2D eigenvalue weighted by molar-refractivity contribution is 5.85. The topological polar surface area (TPSA) is 68.8 Å². The number of fused-ring (bicyclic) bond motifs is 3. The molecule has 3 heterocycles. The van der Waals surface area contributed by atoms with Crippen LogP contribution in [0.25, 0.3) is 10.9 Å². The van der Waals surface area contributed by atoms with Crippen LogP contribution >= 0.6 is 0 Å². The lowest BCUT2D eigenvalue weighted by atomic mass is 9.87. The quantitative estimate of drug-likeness (QED) is 0.405. The highest BCUT2D eigenvalue weighted by Gasteiger charge is 2.40. The Labute approximate surface area is 216 Å². The van der Waals surface area contributed by atoms with Crippen LogP contribution in [0.5, 0.6) is 5.75 Å². The van der Waals surface area contributed by atoms with E-state index in [2.05, 4.69) is 16.8 Å². The van der Waals surface area contributed by atoms with Gasteiger partial charge in [-0.05, 0) is 37.9 Å². The number of nitrogens with zero attached hydrogens (tertiary/aromatic N) is 2. The number of carbonyl (C=O) groups is 1. The molecule has 0 saturated carbocycles. The number of halogens is 2. The molecule has 6 nitrogen and oxygen atoms in total. The highest BCUT2D eigenvalue weighted by Crippen LogP contribution is 2.43. The molecule has 2 aliphatic heterocycles. The van der Waals surface area contributed by atoms with Crippen molar-refractivity contribution in [3.63, 3.8) is 0 Å². The van der Waals surface area contributed by atoms with Crippen LogP contribution in [0.2, 0.25) is 0 Å². The Balaban J connectivity index is 1.49. The molecular weight excluding hydrogens is 476 g/mol. The van der Waals surface area contributed by atoms with E-state index < -0.39 is 29.6 Å². The van der Waals surface area contributed by atoms with E-state index in [0.29, 0.717) is 12.1 Å². The third kappa shape index (κ3) is 4.97. The second-order valence-corrected chi connectivity index (χ2v) is 10.6. The number of aromatic amines is 1. The summed E-state index contributed by atoms with van der Waals surface area (Å²) in [4.78, 5) is 19.3. The molecule has 1 fully saturated rings. The number of ether oxygens (including phenoxy) is 1. The Bertz CT molecular complexity index is 1260. The Morgan fingerprint density at radius 1 is 1.22 bits per heavy atom. The minimum absolute atomic E-state index is 0.0792. The first kappa shape index (κ1) is 25.7. The average Bonchev–Trinajstić information content (AvgIpc) is 3.19. The molecule has 0 radical (unpaired) electrons. The summed E-state index contributed by atoms with van der Waals surface area (Å²) in [6.07, 6.45) is 2.82. The molecule has 5 rings (SSSR count). The Morgan fingerprint density at radius 2 is 1.92 bits per heavy atom. The van der Waals surface area contributed by atoms with Crippen molar-refractivity contribution >= 4 is 16.9 Å². The third-order valence-electron chi connectivity index (χ3n) is 7.80. The first-order chi connectivity index (χ1) is 17.8. The minimum atomic E-state index is -0.938. The smallest absolute Gasteiger partial charge is 0.307 e. The van der Waals surface area contributed by atoms with Crippen molar-refractivity contribution in [2.24, 2.45) is 5.92 Å². The molecule has 0 spiro atoms. The van der Waals surface area contributed by atoms with E-state index in [-0.39, 0.29) is 30.0 Å². The first-order valence-corrected chi connectivity index (χ1v) is 13.2. The number of likely N-dealkylation sites (tertiary alicyclic amines) is 1. The number of H-pyrrole nitrogens is 1. The molecule has 0 aliphatic carbocycles. The molecule has 37 heavy (non-hydrogen) atoms. The van der Waals surface area contributed by atoms with Gasteiger partial charge in [-0.1, -0.05) is 38.5 Å². The summed E-state index contributed by atoms with van der Waals surface area (Å²) in [5.74, 6) is -2.82. The number of hydrogen-bond acceptors (Lipinski definition) is 4. The van der Waals surface area contributed by atoms with Gasteiger partial charge in [0, 0.05) is 60.0 Å². The van der Waals surface area contributed by atoms with Crippen molar-refractivity contribution in [1.82, 2.24) is 14.8 Å². The van der Waals surface area contributed by atoms with Crippen molar-refractivity contribution in [3.05, 3.63) is 64.9 Å². The van der Waals surface area contributed by atoms with Crippen LogP contribution in [0.4, 0.5) is 8.78 Å². The molecular formula is C29H35F2N3O3. The molecule has 0 amide bonds. The van der Waals surface area contributed by atoms with Gasteiger partial charge in [-0.3, -0.25) is 14.6 Å². The number of aliphatic carboxylic acids is 1. The maximum atomic E-state index is 15.8. The van der Waals surface area contributed by atoms with Gasteiger partial charge in [-0.15, -0.1) is 0 Å². The molecule has 1 saturated heterocycles. The van der Waals surface area contributed by atoms with Crippen LogP contribution in [0.3, 0.4) is 0 Å². The van der Waals surface area contributed by atoms with Crippen LogP contribution in [-0.4, -0.2) is 64.2 Å². The SMILES string of the molecule is CCCCN1CC(Oc2cc(F)c([C@@H]3c4[nH]c5ccccc5c4C[C@@H](C)N3C[C@@H](C)C(=O)O)c(F)c2)C1. The molecule has 3 atom stereocenters. The Morgan fingerprint density at radius 3 is 2.59 bits per heavy atom. The maximum absolute atomic E-state index is 15.8. The third-order valence-corrected chi connectivity index (χ3v) is 7.80. The number of nitrogens with one attached hydrogen (secondary N) is 1. The van der Waals surface area contributed by atoms with E-state index in [1.54, 1.807) is 6.92 Å². The van der Waals surface area contributed by atoms with Crippen molar-refractivity contribution in [2.75, 3.05) is 26.2 Å². The lowest BCUT2D eigenvalue weighted by Crippen LogP contribution is -2.53. The fraction of sp³-hybridized carbons (Fsp3) is 0.483. The second-order valence-electron chi connectivity index (χ2n) is 10.6. The van der Waals surface area contributed by atoms with Crippen LogP contribution < -0.4 is 4.74 Å². The number of para-hydroxylation sites is 1. The van der Waals surface area contributed by atoms with Gasteiger partial charge in [0.1, 0.15) is 23.5 Å². The van der Waals surface area contributed by atoms with Gasteiger partial charge in [-0.25, -0.2) is 8.78 Å². The molecule has 2 aliphatic rings. The van der Waals surface area contributed by atoms with E-state index in [0.717, 1.165) is 48.9 Å². The fourth-order valence-electron chi connectivity index (χ4n) is 5.74. The standard InChI is InChI=1S/C29H35F2N3O3/c1-4-5-10-33-15-20(16-33)37-19-12-23(30)26(24(31)13-19)28-27-22(21-8-6-7-9-25(21)32-27)11-18(3)34(28)14-17(2)29(35)36/h6-9,12-13,17-18,20,28,32H,4-5,10-11,14-16H2,1-3H3,(H,35,36)/t17-,18-,28-/m1/s1. The van der Waals surface area contributed by atoms with Crippen molar-refractivity contribution in [2.45, 2.75) is 58.2 Å². The van der Waals surface area contributed by atoms with Crippen LogP contribution in [0, 0.1) is 17.6 Å². The lowest BCUT2D eigenvalue weighted by molar-refractivity contribution is -0.142. The lowest BCUT2D eigenvalue weighted by Gasteiger charge is -2.42. The maximum Gasteiger partial charge on any atom is 0.307 e. The number of unbranched alkanes of at least 4 members (excludes halogenated alkanes) is 1. The highest BCUT2D eigenvalue weighted by atomic mass is 19.1. The largest absolute Gasteiger partial charge is 0.488 e. The van der Waals surface area contributed by atoms with E-state index in [9.17, 15) is 9.90 Å². The number of carboxylic acids is 1. The van der Waals surface area contributed by atoms with Gasteiger partial charge in [0.2, 0.25) is 0 Å². The summed E-state index contributed by atoms with van der Waals surface area (Å²) in [5.41, 5.74) is 2.56. The Hall–Kier alpha value is -2.97. The van der Waals surface area contributed by atoms with E-state index >= 15 is 8.78 Å². The summed E-state index contributed by atoms with van der Waals surface area (Å²) in [7, 11) is 0. The number of aromatic nitrogens is 1. The summed E-state index contributed by atoms with van der Waals surface area (Å²) < 4.78 is 37.4. The minimum Gasteiger partial charge on any atom is -0.488 e. The molecule has 2 N–H and O–H groups in total. The van der Waals surface area contributed by atoms with Crippen LogP contribution in [0.15, 0.2) is 36.4 Å². The van der Waals surface area contributed by atoms with Gasteiger partial charge in [0.15, 0.2) is 0 Å². The molecule has 2 aromatic carbocycles. The zero-order chi connectivity index (χ0) is 26.3. The van der Waals surface area contributed by atoms with Crippen LogP contribution in [0.1, 0.15) is 56.5 Å². The summed E-state index contributed by atoms with van der Waals surface area (Å²) in [6.45, 7) is 8.45. The number of carboxylic acid groups (broad SMARTS) is 1. The molecule has 0 unspecified atom stereocenters. The number of hydrogen-bond donors (Lipinski definition) is 2. The van der Waals surface area contributed by atoms with Crippen molar-refractivity contribution in [1.29, 1.82) is 0 Å². The normalized spacial score (nSPS) is 21.5. The number of benzene rings is 2. The molecule has 3 aromatic rings. The molecule has 8 heteroatoms. The van der Waals surface area contributed by atoms with E-state index in [4.69, 9.17) is 4.74 Å². The van der Waals surface area contributed by atoms with E-state index in [1.807, 2.05) is 36.1 Å². The second kappa shape index (κ2) is 10.4. The van der Waals surface area contributed by atoms with Gasteiger partial charge in [0.25, 0.3) is 0 Å². The fourth-order valence-corrected chi connectivity index (χ4v) is 5.74. The van der Waals surface area contributed by atoms with E-state index in [1.165, 1.54) is 12.1 Å². The van der Waals surface area contributed by atoms with Gasteiger partial charge in [-0.2, -0.15) is 0 Å². The predicted octanol–water partition coefficient (Wildman–Crippen LogP) is 5.37. The molecule has 0 bridgehead atoms. The monoisotopic (exact) mass is 511 g/mol. The molecule has 198 valence electrons. The average molecular weight is 512 g/mol. The van der Waals surface area contributed by atoms with Gasteiger partial charge in [0.05, 0.1) is 12.0 Å². The Kier molecular flexibility index (Phi) is 7.23. The summed E-state index contributed by atoms with van der Waals surface area (Å²) in [5, 5.41) is 10.6. The van der Waals surface area contributed by atoms with Crippen molar-refractivity contribution in [3.8, 4) is 5.75 Å². The van der Waals surface area contributed by atoms with Crippen LogP contribution in [-0.2, 0) is 11.2 Å². The van der Waals surface area contributed by atoms with Gasteiger partial charge < -0.3 is 14.8 Å². The predicted molar refractivity (Wildman–Crippen MR) is 139 cm³/mol.